The maximum Gasteiger partial charge on any atom is 0.251 e. The van der Waals surface area contributed by atoms with Gasteiger partial charge in [-0.3, -0.25) is 9.59 Å². The van der Waals surface area contributed by atoms with E-state index in [1.54, 1.807) is 31.4 Å². The number of likely N-dealkylation sites (tertiary alicyclic amines) is 1. The van der Waals surface area contributed by atoms with E-state index in [1.165, 1.54) is 0 Å². The first-order chi connectivity index (χ1) is 13.6. The minimum atomic E-state index is -0.668. The van der Waals surface area contributed by atoms with E-state index in [4.69, 9.17) is 14.2 Å². The minimum absolute atomic E-state index is 0.0527. The third-order valence-corrected chi connectivity index (χ3v) is 5.10. The number of piperidine rings is 1. The molecule has 0 aliphatic carbocycles. The predicted molar refractivity (Wildman–Crippen MR) is 101 cm³/mol. The molecule has 1 aromatic carbocycles. The van der Waals surface area contributed by atoms with E-state index in [1.807, 2.05) is 4.90 Å². The van der Waals surface area contributed by atoms with Crippen LogP contribution in [0.2, 0.25) is 0 Å². The number of carbonyl (C=O) groups excluding carboxylic acids is 2. The molecule has 0 saturated carbocycles. The first-order valence-corrected chi connectivity index (χ1v) is 9.67. The van der Waals surface area contributed by atoms with E-state index < -0.39 is 6.10 Å². The summed E-state index contributed by atoms with van der Waals surface area (Å²) >= 11 is 0. The molecule has 0 bridgehead atoms. The number of benzene rings is 1. The zero-order chi connectivity index (χ0) is 19.9. The molecule has 3 rings (SSSR count). The zero-order valence-corrected chi connectivity index (χ0v) is 16.1. The summed E-state index contributed by atoms with van der Waals surface area (Å²) in [4.78, 5) is 26.1. The summed E-state index contributed by atoms with van der Waals surface area (Å²) in [5.41, 5.74) is 0.505. The van der Waals surface area contributed by atoms with E-state index in [0.29, 0.717) is 44.0 Å². The van der Waals surface area contributed by atoms with Crippen molar-refractivity contribution in [2.45, 2.75) is 37.5 Å². The normalized spacial score (nSPS) is 22.9. The molecule has 2 atom stereocenters. The highest BCUT2D eigenvalue weighted by atomic mass is 16.5. The van der Waals surface area contributed by atoms with Gasteiger partial charge < -0.3 is 29.5 Å². The molecular formula is C20H28N2O6. The summed E-state index contributed by atoms with van der Waals surface area (Å²) in [6.45, 7) is 2.37. The van der Waals surface area contributed by atoms with Gasteiger partial charge in [0.05, 0.1) is 38.4 Å². The van der Waals surface area contributed by atoms with E-state index in [-0.39, 0.29) is 30.6 Å². The first-order valence-electron chi connectivity index (χ1n) is 9.67. The van der Waals surface area contributed by atoms with Crippen LogP contribution in [-0.2, 0) is 14.3 Å². The lowest BCUT2D eigenvalue weighted by Crippen LogP contribution is -2.42. The predicted octanol–water partition coefficient (Wildman–Crippen LogP) is 0.582. The van der Waals surface area contributed by atoms with Crippen LogP contribution in [0.1, 0.15) is 29.6 Å². The van der Waals surface area contributed by atoms with Crippen molar-refractivity contribution >= 4 is 11.8 Å². The second-order valence-corrected chi connectivity index (χ2v) is 7.15. The van der Waals surface area contributed by atoms with Gasteiger partial charge in [0, 0.05) is 38.6 Å². The van der Waals surface area contributed by atoms with E-state index >= 15 is 0 Å². The Balaban J connectivity index is 1.44. The Bertz CT molecular complexity index is 657. The first kappa shape index (κ1) is 20.6. The largest absolute Gasteiger partial charge is 0.490 e. The quantitative estimate of drug-likeness (QED) is 0.705. The fourth-order valence-electron chi connectivity index (χ4n) is 3.38. The van der Waals surface area contributed by atoms with Gasteiger partial charge in [-0.1, -0.05) is 0 Å². The van der Waals surface area contributed by atoms with Gasteiger partial charge in [-0.05, 0) is 24.3 Å². The molecule has 0 aromatic heterocycles. The van der Waals surface area contributed by atoms with Gasteiger partial charge >= 0.3 is 0 Å². The van der Waals surface area contributed by atoms with Crippen molar-refractivity contribution in [2.24, 2.45) is 0 Å². The second kappa shape index (κ2) is 9.86. The number of carbonyl (C=O) groups is 2. The van der Waals surface area contributed by atoms with Crippen molar-refractivity contribution in [2.75, 3.05) is 40.0 Å². The number of rotatable bonds is 7. The third-order valence-electron chi connectivity index (χ3n) is 5.10. The zero-order valence-electron chi connectivity index (χ0n) is 16.1. The van der Waals surface area contributed by atoms with Crippen LogP contribution < -0.4 is 10.1 Å². The van der Waals surface area contributed by atoms with Crippen LogP contribution in [0, 0.1) is 0 Å². The van der Waals surface area contributed by atoms with Crippen molar-refractivity contribution in [3.63, 3.8) is 0 Å². The maximum atomic E-state index is 12.3. The van der Waals surface area contributed by atoms with Crippen molar-refractivity contribution < 1.29 is 28.9 Å². The van der Waals surface area contributed by atoms with E-state index in [9.17, 15) is 14.7 Å². The van der Waals surface area contributed by atoms with E-state index in [0.717, 1.165) is 12.8 Å². The summed E-state index contributed by atoms with van der Waals surface area (Å²) in [6.07, 6.45) is 1.35. The summed E-state index contributed by atoms with van der Waals surface area (Å²) < 4.78 is 16.1. The van der Waals surface area contributed by atoms with Crippen LogP contribution in [0.3, 0.4) is 0 Å². The van der Waals surface area contributed by atoms with Gasteiger partial charge in [-0.2, -0.15) is 0 Å². The summed E-state index contributed by atoms with van der Waals surface area (Å²) in [6, 6.07) is 6.58. The van der Waals surface area contributed by atoms with E-state index in [2.05, 4.69) is 5.32 Å². The Morgan fingerprint density at radius 1 is 1.21 bits per heavy atom. The molecule has 28 heavy (non-hydrogen) atoms. The Hall–Kier alpha value is -2.16. The van der Waals surface area contributed by atoms with Gasteiger partial charge in [-0.15, -0.1) is 0 Å². The number of hydrogen-bond donors (Lipinski definition) is 2. The number of ether oxygens (including phenoxy) is 3. The number of amides is 2. The molecule has 2 N–H and O–H groups in total. The standard InChI is InChI=1S/C20H28N2O6/c1-26-11-8-19(24)22-9-6-16(7-10-22)28-15-4-2-14(3-5-15)20(25)21-17-12-27-13-18(17)23/h2-5,16-18,23H,6-13H2,1H3,(H,21,25)/t17-,18-/m0/s1. The van der Waals surface area contributed by atoms with Crippen molar-refractivity contribution in [1.82, 2.24) is 10.2 Å². The highest BCUT2D eigenvalue weighted by Crippen LogP contribution is 2.20. The minimum Gasteiger partial charge on any atom is -0.490 e. The highest BCUT2D eigenvalue weighted by Gasteiger charge is 2.28. The van der Waals surface area contributed by atoms with Crippen LogP contribution >= 0.6 is 0 Å². The molecule has 2 aliphatic heterocycles. The average molecular weight is 392 g/mol. The number of hydrogen-bond acceptors (Lipinski definition) is 6. The molecule has 0 spiro atoms. The molecule has 2 fully saturated rings. The van der Waals surface area contributed by atoms with Gasteiger partial charge in [0.25, 0.3) is 5.91 Å². The monoisotopic (exact) mass is 392 g/mol. The number of methoxy groups -OCH3 is 1. The van der Waals surface area contributed by atoms with Gasteiger partial charge in [0.2, 0.25) is 5.91 Å². The number of aliphatic hydroxyl groups excluding tert-OH is 1. The van der Waals surface area contributed by atoms with Crippen LogP contribution in [0.4, 0.5) is 0 Å². The fraction of sp³-hybridized carbons (Fsp3) is 0.600. The van der Waals surface area contributed by atoms with Crippen molar-refractivity contribution in [3.8, 4) is 5.75 Å². The van der Waals surface area contributed by atoms with Crippen molar-refractivity contribution in [3.05, 3.63) is 29.8 Å². The van der Waals surface area contributed by atoms with Gasteiger partial charge in [0.1, 0.15) is 11.9 Å². The Morgan fingerprint density at radius 2 is 1.93 bits per heavy atom. The molecule has 2 heterocycles. The van der Waals surface area contributed by atoms with Crippen LogP contribution in [0.5, 0.6) is 5.75 Å². The summed E-state index contributed by atoms with van der Waals surface area (Å²) in [7, 11) is 1.59. The number of nitrogens with zero attached hydrogens (tertiary/aromatic N) is 1. The molecule has 0 unspecified atom stereocenters. The third kappa shape index (κ3) is 5.43. The number of nitrogens with one attached hydrogen (secondary N) is 1. The topological polar surface area (TPSA) is 97.3 Å². The molecule has 2 amide bonds. The molecule has 0 radical (unpaired) electrons. The van der Waals surface area contributed by atoms with Crippen molar-refractivity contribution in [1.29, 1.82) is 0 Å². The molecule has 154 valence electrons. The van der Waals surface area contributed by atoms with Gasteiger partial charge in [-0.25, -0.2) is 0 Å². The molecule has 2 aliphatic rings. The lowest BCUT2D eigenvalue weighted by Gasteiger charge is -2.32. The average Bonchev–Trinajstić information content (AvgIpc) is 3.11. The number of aliphatic hydroxyl groups is 1. The fourth-order valence-corrected chi connectivity index (χ4v) is 3.38. The lowest BCUT2D eigenvalue weighted by atomic mass is 10.1. The Morgan fingerprint density at radius 3 is 2.54 bits per heavy atom. The molecule has 2 saturated heterocycles. The Labute approximate surface area is 164 Å². The molecule has 8 heteroatoms. The smallest absolute Gasteiger partial charge is 0.251 e. The van der Waals surface area contributed by atoms with Crippen LogP contribution in [0.25, 0.3) is 0 Å². The SMILES string of the molecule is COCCC(=O)N1CCC(Oc2ccc(C(=O)N[C@H]3COC[C@@H]3O)cc2)CC1. The summed E-state index contributed by atoms with van der Waals surface area (Å²) in [5.74, 6) is 0.572. The van der Waals surface area contributed by atoms with Gasteiger partial charge in [0.15, 0.2) is 0 Å². The molecule has 8 nitrogen and oxygen atoms in total. The highest BCUT2D eigenvalue weighted by molar-refractivity contribution is 5.94. The second-order valence-electron chi connectivity index (χ2n) is 7.15. The lowest BCUT2D eigenvalue weighted by molar-refractivity contribution is -0.133. The Kier molecular flexibility index (Phi) is 7.24. The molecular weight excluding hydrogens is 364 g/mol. The molecule has 1 aromatic rings. The van der Waals surface area contributed by atoms with Crippen LogP contribution in [0.15, 0.2) is 24.3 Å². The van der Waals surface area contributed by atoms with Crippen LogP contribution in [-0.4, -0.2) is 80.1 Å². The summed E-state index contributed by atoms with van der Waals surface area (Å²) in [5, 5.41) is 12.5. The maximum absolute atomic E-state index is 12.3.